The van der Waals surface area contributed by atoms with E-state index in [9.17, 15) is 4.79 Å². The van der Waals surface area contributed by atoms with Gasteiger partial charge in [-0.1, -0.05) is 42.1 Å². The highest BCUT2D eigenvalue weighted by Gasteiger charge is 2.16. The lowest BCUT2D eigenvalue weighted by atomic mass is 10.2. The molecule has 9 nitrogen and oxygen atoms in total. The van der Waals surface area contributed by atoms with E-state index in [2.05, 4.69) is 20.7 Å². The fraction of sp³-hybridized carbons (Fsp3) is 0.214. The van der Waals surface area contributed by atoms with Crippen LogP contribution in [0.15, 0.2) is 83.1 Å². The number of hydrazone groups is 1. The molecule has 196 valence electrons. The first-order valence-electron chi connectivity index (χ1n) is 12.0. The zero-order valence-corrected chi connectivity index (χ0v) is 22.3. The fourth-order valence-electron chi connectivity index (χ4n) is 3.60. The van der Waals surface area contributed by atoms with Crippen LogP contribution in [0.25, 0.3) is 11.4 Å². The second kappa shape index (κ2) is 13.3. The summed E-state index contributed by atoms with van der Waals surface area (Å²) in [6.07, 6.45) is 1.59. The van der Waals surface area contributed by atoms with Gasteiger partial charge in [-0.2, -0.15) is 5.10 Å². The molecule has 1 heterocycles. The van der Waals surface area contributed by atoms with E-state index in [0.717, 1.165) is 22.4 Å². The van der Waals surface area contributed by atoms with Crippen LogP contribution in [-0.4, -0.2) is 46.9 Å². The van der Waals surface area contributed by atoms with Gasteiger partial charge in [0.2, 0.25) is 0 Å². The van der Waals surface area contributed by atoms with Crippen LogP contribution in [0.5, 0.6) is 17.2 Å². The van der Waals surface area contributed by atoms with Crippen LogP contribution >= 0.6 is 11.8 Å². The van der Waals surface area contributed by atoms with E-state index >= 15 is 0 Å². The van der Waals surface area contributed by atoms with Crippen molar-refractivity contribution in [3.63, 3.8) is 0 Å². The first-order chi connectivity index (χ1) is 18.6. The van der Waals surface area contributed by atoms with E-state index in [1.807, 2.05) is 84.3 Å². The van der Waals surface area contributed by atoms with Crippen molar-refractivity contribution >= 4 is 23.9 Å². The Morgan fingerprint density at radius 1 is 1.00 bits per heavy atom. The summed E-state index contributed by atoms with van der Waals surface area (Å²) in [5.41, 5.74) is 5.35. The highest BCUT2D eigenvalue weighted by atomic mass is 32.2. The van der Waals surface area contributed by atoms with E-state index in [4.69, 9.17) is 14.2 Å². The van der Waals surface area contributed by atoms with Gasteiger partial charge in [-0.15, -0.1) is 10.2 Å². The number of carbonyl (C=O) groups is 1. The molecule has 0 radical (unpaired) electrons. The van der Waals surface area contributed by atoms with Crippen LogP contribution < -0.4 is 19.6 Å². The molecular weight excluding hydrogens is 502 g/mol. The van der Waals surface area contributed by atoms with Crippen LogP contribution in [0.1, 0.15) is 18.1 Å². The zero-order chi connectivity index (χ0) is 26.7. The molecule has 1 N–H and O–H groups in total. The van der Waals surface area contributed by atoms with Crippen molar-refractivity contribution < 1.29 is 19.0 Å². The van der Waals surface area contributed by atoms with Gasteiger partial charge in [0, 0.05) is 12.1 Å². The fourth-order valence-corrected chi connectivity index (χ4v) is 4.40. The Balaban J connectivity index is 1.28. The van der Waals surface area contributed by atoms with Crippen molar-refractivity contribution in [2.75, 3.05) is 20.0 Å². The van der Waals surface area contributed by atoms with E-state index in [1.165, 1.54) is 11.8 Å². The molecule has 0 aliphatic carbocycles. The van der Waals surface area contributed by atoms with Crippen molar-refractivity contribution in [1.29, 1.82) is 0 Å². The van der Waals surface area contributed by atoms with Crippen LogP contribution in [-0.2, 0) is 17.9 Å². The van der Waals surface area contributed by atoms with Crippen molar-refractivity contribution in [3.8, 4) is 28.6 Å². The van der Waals surface area contributed by atoms with Gasteiger partial charge in [-0.3, -0.25) is 4.79 Å². The van der Waals surface area contributed by atoms with Crippen LogP contribution in [0.3, 0.4) is 0 Å². The van der Waals surface area contributed by atoms with Gasteiger partial charge in [0.1, 0.15) is 12.4 Å². The molecule has 0 atom stereocenters. The molecule has 0 fully saturated rings. The molecule has 1 aromatic heterocycles. The standard InChI is InChI=1S/C28H29N5O4S/c1-4-33-27(22-12-15-24(35-2)25(16-22)36-3)31-32-28(33)38-19-26(34)30-29-17-20-10-13-23(14-11-20)37-18-21-8-6-5-7-9-21/h5-17H,4,18-19H2,1-3H3,(H,30,34)/b29-17-. The lowest BCUT2D eigenvalue weighted by Crippen LogP contribution is -2.20. The predicted octanol–water partition coefficient (Wildman–Crippen LogP) is 4.80. The third-order valence-electron chi connectivity index (χ3n) is 5.54. The highest BCUT2D eigenvalue weighted by Crippen LogP contribution is 2.32. The van der Waals surface area contributed by atoms with Crippen LogP contribution in [0, 0.1) is 0 Å². The van der Waals surface area contributed by atoms with Gasteiger partial charge in [0.15, 0.2) is 22.5 Å². The van der Waals surface area contributed by atoms with Gasteiger partial charge in [-0.25, -0.2) is 5.43 Å². The number of thioether (sulfide) groups is 1. The Morgan fingerprint density at radius 3 is 2.47 bits per heavy atom. The SMILES string of the molecule is CCn1c(SCC(=O)N/N=C\c2ccc(OCc3ccccc3)cc2)nnc1-c1ccc(OC)c(OC)c1. The van der Waals surface area contributed by atoms with E-state index < -0.39 is 0 Å². The lowest BCUT2D eigenvalue weighted by Gasteiger charge is -2.10. The number of nitrogens with zero attached hydrogens (tertiary/aromatic N) is 4. The van der Waals surface area contributed by atoms with Gasteiger partial charge >= 0.3 is 0 Å². The molecule has 0 saturated heterocycles. The Kier molecular flexibility index (Phi) is 9.36. The van der Waals surface area contributed by atoms with Crippen molar-refractivity contribution in [2.45, 2.75) is 25.2 Å². The third-order valence-corrected chi connectivity index (χ3v) is 6.51. The highest BCUT2D eigenvalue weighted by molar-refractivity contribution is 7.99. The summed E-state index contributed by atoms with van der Waals surface area (Å²) < 4.78 is 18.5. The lowest BCUT2D eigenvalue weighted by molar-refractivity contribution is -0.118. The first kappa shape index (κ1) is 26.7. The largest absolute Gasteiger partial charge is 0.493 e. The average Bonchev–Trinajstić information content (AvgIpc) is 3.38. The Bertz CT molecular complexity index is 1370. The first-order valence-corrected chi connectivity index (χ1v) is 13.0. The number of rotatable bonds is 12. The summed E-state index contributed by atoms with van der Waals surface area (Å²) in [5.74, 6) is 2.60. The number of carbonyl (C=O) groups excluding carboxylic acids is 1. The maximum atomic E-state index is 12.4. The second-order valence-electron chi connectivity index (χ2n) is 8.05. The molecule has 4 aromatic rings. The monoisotopic (exact) mass is 531 g/mol. The number of ether oxygens (including phenoxy) is 3. The normalized spacial score (nSPS) is 10.9. The van der Waals surface area contributed by atoms with Crippen LogP contribution in [0.4, 0.5) is 0 Å². The number of hydrogen-bond acceptors (Lipinski definition) is 8. The number of aromatic nitrogens is 3. The zero-order valence-electron chi connectivity index (χ0n) is 21.5. The van der Waals surface area contributed by atoms with Crippen molar-refractivity contribution in [2.24, 2.45) is 5.10 Å². The second-order valence-corrected chi connectivity index (χ2v) is 8.99. The van der Waals surface area contributed by atoms with E-state index in [1.54, 1.807) is 20.4 Å². The summed E-state index contributed by atoms with van der Waals surface area (Å²) in [4.78, 5) is 12.4. The molecule has 0 spiro atoms. The molecule has 38 heavy (non-hydrogen) atoms. The minimum Gasteiger partial charge on any atom is -0.493 e. The average molecular weight is 532 g/mol. The summed E-state index contributed by atoms with van der Waals surface area (Å²) in [7, 11) is 3.18. The smallest absolute Gasteiger partial charge is 0.250 e. The summed E-state index contributed by atoms with van der Waals surface area (Å²) in [5, 5.41) is 13.3. The molecule has 0 bridgehead atoms. The van der Waals surface area contributed by atoms with E-state index in [-0.39, 0.29) is 11.7 Å². The summed E-state index contributed by atoms with van der Waals surface area (Å²) >= 11 is 1.30. The maximum Gasteiger partial charge on any atom is 0.250 e. The Morgan fingerprint density at radius 2 is 1.76 bits per heavy atom. The van der Waals surface area contributed by atoms with Crippen molar-refractivity contribution in [3.05, 3.63) is 83.9 Å². The molecule has 1 amide bonds. The number of hydrogen-bond donors (Lipinski definition) is 1. The van der Waals surface area contributed by atoms with Gasteiger partial charge < -0.3 is 18.8 Å². The molecule has 4 rings (SSSR count). The number of benzene rings is 3. The minimum atomic E-state index is -0.243. The van der Waals surface area contributed by atoms with Crippen LogP contribution in [0.2, 0.25) is 0 Å². The molecule has 3 aromatic carbocycles. The van der Waals surface area contributed by atoms with E-state index in [0.29, 0.717) is 35.6 Å². The van der Waals surface area contributed by atoms with Gasteiger partial charge in [0.05, 0.1) is 26.2 Å². The topological polar surface area (TPSA) is 99.9 Å². The molecular formula is C28H29N5O4S. The summed E-state index contributed by atoms with van der Waals surface area (Å²) in [6, 6.07) is 23.1. The molecule has 0 aliphatic rings. The van der Waals surface area contributed by atoms with Gasteiger partial charge in [0.25, 0.3) is 5.91 Å². The summed E-state index contributed by atoms with van der Waals surface area (Å²) in [6.45, 7) is 3.15. The predicted molar refractivity (Wildman–Crippen MR) is 148 cm³/mol. The van der Waals surface area contributed by atoms with Gasteiger partial charge in [-0.05, 0) is 60.5 Å². The number of nitrogens with one attached hydrogen (secondary N) is 1. The Hall–Kier alpha value is -4.31. The van der Waals surface area contributed by atoms with Crippen molar-refractivity contribution in [1.82, 2.24) is 20.2 Å². The number of methoxy groups -OCH3 is 2. The number of amides is 1. The molecule has 0 unspecified atom stereocenters. The minimum absolute atomic E-state index is 0.146. The molecule has 0 aliphatic heterocycles. The molecule has 10 heteroatoms. The quantitative estimate of drug-likeness (QED) is 0.159. The Labute approximate surface area is 225 Å². The maximum absolute atomic E-state index is 12.4. The molecule has 0 saturated carbocycles. The third kappa shape index (κ3) is 6.92.